The first-order chi connectivity index (χ1) is 19.8. The summed E-state index contributed by atoms with van der Waals surface area (Å²) < 4.78 is 5.48. The summed E-state index contributed by atoms with van der Waals surface area (Å²) in [6, 6.07) is 12.8. The quantitative estimate of drug-likeness (QED) is 0.135. The van der Waals surface area contributed by atoms with Gasteiger partial charge in [-0.2, -0.15) is 0 Å². The molecule has 0 unspecified atom stereocenters. The molecule has 2 rings (SSSR count). The Labute approximate surface area is 251 Å². The second-order valence-corrected chi connectivity index (χ2v) is 12.2. The number of hydrogen-bond acceptors (Lipinski definition) is 5. The van der Waals surface area contributed by atoms with E-state index in [1.807, 2.05) is 51.1 Å². The third kappa shape index (κ3) is 12.0. The fraction of sp³-hybridized carbons (Fsp3) is 0.529. The van der Waals surface area contributed by atoms with Gasteiger partial charge in [0.05, 0.1) is 6.04 Å². The molecule has 0 spiro atoms. The molecule has 0 aromatic heterocycles. The Balaban J connectivity index is 2.30. The van der Waals surface area contributed by atoms with E-state index in [-0.39, 0.29) is 18.1 Å². The van der Waals surface area contributed by atoms with E-state index in [2.05, 4.69) is 35.0 Å². The Kier molecular flexibility index (Phi) is 13.7. The van der Waals surface area contributed by atoms with Crippen LogP contribution in [0, 0.1) is 26.7 Å². The number of aryl methyl sites for hydroxylation is 3. The molecule has 0 aliphatic rings. The van der Waals surface area contributed by atoms with Crippen molar-refractivity contribution in [1.29, 1.82) is 0 Å². The molecule has 0 saturated heterocycles. The summed E-state index contributed by atoms with van der Waals surface area (Å²) in [6.07, 6.45) is 3.15. The van der Waals surface area contributed by atoms with E-state index in [1.54, 1.807) is 20.8 Å². The second-order valence-electron chi connectivity index (χ2n) is 12.2. The lowest BCUT2D eigenvalue weighted by Crippen LogP contribution is -2.50. The third-order valence-corrected chi connectivity index (χ3v) is 7.17. The largest absolute Gasteiger partial charge is 0.444 e. The van der Waals surface area contributed by atoms with E-state index >= 15 is 0 Å². The van der Waals surface area contributed by atoms with Gasteiger partial charge in [0.1, 0.15) is 11.8 Å². The van der Waals surface area contributed by atoms with Crippen molar-refractivity contribution < 1.29 is 23.9 Å². The van der Waals surface area contributed by atoms with E-state index in [9.17, 15) is 19.2 Å². The number of rotatable bonds is 16. The van der Waals surface area contributed by atoms with Gasteiger partial charge in [-0.1, -0.05) is 74.2 Å². The Hall–Kier alpha value is -3.68. The zero-order chi connectivity index (χ0) is 31.3. The van der Waals surface area contributed by atoms with Crippen LogP contribution in [0.2, 0.25) is 0 Å². The maximum Gasteiger partial charge on any atom is 0.408 e. The van der Waals surface area contributed by atoms with Crippen LogP contribution >= 0.6 is 0 Å². The maximum absolute atomic E-state index is 13.9. The number of ketones is 1. The summed E-state index contributed by atoms with van der Waals surface area (Å²) in [5, 5.41) is 8.42. The fourth-order valence-electron chi connectivity index (χ4n) is 5.16. The molecule has 8 heteroatoms. The van der Waals surface area contributed by atoms with Crippen molar-refractivity contribution in [3.05, 3.63) is 70.3 Å². The Morgan fingerprint density at radius 1 is 0.929 bits per heavy atom. The van der Waals surface area contributed by atoms with Crippen LogP contribution in [0.4, 0.5) is 4.79 Å². The van der Waals surface area contributed by atoms with Crippen LogP contribution in [0.5, 0.6) is 0 Å². The number of hydrogen-bond donors (Lipinski definition) is 3. The molecule has 0 heterocycles. The van der Waals surface area contributed by atoms with Gasteiger partial charge in [-0.15, -0.1) is 0 Å². The van der Waals surface area contributed by atoms with Crippen molar-refractivity contribution >= 4 is 24.2 Å². The van der Waals surface area contributed by atoms with Crippen LogP contribution in [0.1, 0.15) is 87.6 Å². The molecule has 0 radical (unpaired) electrons. The molecule has 0 saturated carbocycles. The molecule has 3 atom stereocenters. The molecule has 0 aliphatic carbocycles. The Morgan fingerprint density at radius 2 is 1.57 bits per heavy atom. The van der Waals surface area contributed by atoms with Crippen LogP contribution in [0.15, 0.2) is 42.5 Å². The zero-order valence-electron chi connectivity index (χ0n) is 26.3. The molecule has 0 aliphatic heterocycles. The maximum atomic E-state index is 13.9. The molecular formula is C34H49N3O5. The highest BCUT2D eigenvalue weighted by molar-refractivity contribution is 5.92. The van der Waals surface area contributed by atoms with E-state index < -0.39 is 29.8 Å². The zero-order valence-corrected chi connectivity index (χ0v) is 26.3. The van der Waals surface area contributed by atoms with Crippen LogP contribution in [-0.2, 0) is 32.0 Å². The molecule has 3 N–H and O–H groups in total. The van der Waals surface area contributed by atoms with Crippen molar-refractivity contribution in [3.63, 3.8) is 0 Å². The second kappa shape index (κ2) is 16.7. The van der Waals surface area contributed by atoms with Gasteiger partial charge in [-0.05, 0) is 70.2 Å². The standard InChI is InChI=1S/C34H49N3O5/c1-8-9-11-16-27(32(40)37-31(35-22-38)19-26-14-12-10-13-15-26)20-30(39)29(36-33(41)42-34(5,6)7)21-28-24(3)17-23(2)18-25(28)4/h10,12-15,17-18,22,27,29,31H,8-9,11,16,19-21H2,1-7H3,(H,35,38)(H,36,41)(H,37,40)/t27-,29+,31+/m1/s1. The van der Waals surface area contributed by atoms with Crippen molar-refractivity contribution in [2.45, 2.75) is 111 Å². The number of carbonyl (C=O) groups is 4. The van der Waals surface area contributed by atoms with Crippen LogP contribution in [-0.4, -0.2) is 42.0 Å². The van der Waals surface area contributed by atoms with Crippen LogP contribution in [0.3, 0.4) is 0 Å². The smallest absolute Gasteiger partial charge is 0.408 e. The molecule has 3 amide bonds. The summed E-state index contributed by atoms with van der Waals surface area (Å²) in [4.78, 5) is 51.5. The van der Waals surface area contributed by atoms with Gasteiger partial charge >= 0.3 is 6.09 Å². The first-order valence-electron chi connectivity index (χ1n) is 15.0. The average molecular weight is 580 g/mol. The van der Waals surface area contributed by atoms with Gasteiger partial charge in [0, 0.05) is 25.2 Å². The van der Waals surface area contributed by atoms with E-state index in [0.717, 1.165) is 47.1 Å². The minimum atomic E-state index is -0.866. The number of Topliss-reactive ketones (excluding diaryl/α,β-unsaturated/α-hetero) is 1. The van der Waals surface area contributed by atoms with Crippen molar-refractivity contribution in [1.82, 2.24) is 16.0 Å². The molecule has 8 nitrogen and oxygen atoms in total. The van der Waals surface area contributed by atoms with E-state index in [4.69, 9.17) is 4.74 Å². The number of nitrogens with one attached hydrogen (secondary N) is 3. The summed E-state index contributed by atoms with van der Waals surface area (Å²) in [7, 11) is 0. The lowest BCUT2D eigenvalue weighted by atomic mass is 9.88. The van der Waals surface area contributed by atoms with Crippen molar-refractivity contribution in [2.75, 3.05) is 0 Å². The van der Waals surface area contributed by atoms with Crippen molar-refractivity contribution in [2.24, 2.45) is 5.92 Å². The summed E-state index contributed by atoms with van der Waals surface area (Å²) >= 11 is 0. The van der Waals surface area contributed by atoms with Gasteiger partial charge in [-0.25, -0.2) is 4.79 Å². The predicted molar refractivity (Wildman–Crippen MR) is 166 cm³/mol. The highest BCUT2D eigenvalue weighted by atomic mass is 16.6. The number of amides is 3. The molecule has 42 heavy (non-hydrogen) atoms. The van der Waals surface area contributed by atoms with Crippen LogP contribution < -0.4 is 16.0 Å². The lowest BCUT2D eigenvalue weighted by Gasteiger charge is -2.26. The van der Waals surface area contributed by atoms with Crippen LogP contribution in [0.25, 0.3) is 0 Å². The third-order valence-electron chi connectivity index (χ3n) is 7.17. The summed E-state index contributed by atoms with van der Waals surface area (Å²) in [5.74, 6) is -1.15. The number of benzene rings is 2. The SMILES string of the molecule is CCCCC[C@H](CC(=O)[C@H](Cc1c(C)cc(C)cc1C)NC(=O)OC(C)(C)C)C(=O)N[C@@H](Cc1ccccc1)NC=O. The molecule has 0 fully saturated rings. The van der Waals surface area contributed by atoms with Crippen molar-refractivity contribution in [3.8, 4) is 0 Å². The number of ether oxygens (including phenoxy) is 1. The molecule has 0 bridgehead atoms. The fourth-order valence-corrected chi connectivity index (χ4v) is 5.16. The van der Waals surface area contributed by atoms with Gasteiger partial charge in [0.2, 0.25) is 12.3 Å². The van der Waals surface area contributed by atoms with E-state index in [1.165, 1.54) is 0 Å². The van der Waals surface area contributed by atoms with Gasteiger partial charge < -0.3 is 20.7 Å². The minimum Gasteiger partial charge on any atom is -0.444 e. The monoisotopic (exact) mass is 579 g/mol. The van der Waals surface area contributed by atoms with E-state index in [0.29, 0.717) is 25.7 Å². The van der Waals surface area contributed by atoms with Gasteiger partial charge in [0.25, 0.3) is 0 Å². The normalized spacial score (nSPS) is 13.4. The lowest BCUT2D eigenvalue weighted by molar-refractivity contribution is -0.131. The highest BCUT2D eigenvalue weighted by Gasteiger charge is 2.30. The molecular weight excluding hydrogens is 530 g/mol. The van der Waals surface area contributed by atoms with Gasteiger partial charge in [0.15, 0.2) is 5.78 Å². The summed E-state index contributed by atoms with van der Waals surface area (Å²) in [5.41, 5.74) is 4.42. The first-order valence-corrected chi connectivity index (χ1v) is 15.0. The molecule has 230 valence electrons. The highest BCUT2D eigenvalue weighted by Crippen LogP contribution is 2.22. The molecule has 2 aromatic carbocycles. The summed E-state index contributed by atoms with van der Waals surface area (Å²) in [6.45, 7) is 13.4. The predicted octanol–water partition coefficient (Wildman–Crippen LogP) is 5.63. The number of unbranched alkanes of at least 4 members (excludes halogenated alkanes) is 2. The first kappa shape index (κ1) is 34.5. The minimum absolute atomic E-state index is 0.0425. The number of alkyl carbamates (subject to hydrolysis) is 1. The molecule has 2 aromatic rings. The topological polar surface area (TPSA) is 114 Å². The Morgan fingerprint density at radius 3 is 2.14 bits per heavy atom. The van der Waals surface area contributed by atoms with Gasteiger partial charge in [-0.3, -0.25) is 14.4 Å². The number of carbonyl (C=O) groups excluding carboxylic acids is 4. The average Bonchev–Trinajstić information content (AvgIpc) is 2.89. The Bertz CT molecular complexity index is 1170.